The average Bonchev–Trinajstić information content (AvgIpc) is 2.38. The molecule has 0 aliphatic carbocycles. The molecule has 0 aromatic heterocycles. The zero-order valence-corrected chi connectivity index (χ0v) is 11.0. The van der Waals surface area contributed by atoms with Gasteiger partial charge in [-0.25, -0.2) is 0 Å². The van der Waals surface area contributed by atoms with Gasteiger partial charge in [0.25, 0.3) is 0 Å². The van der Waals surface area contributed by atoms with Gasteiger partial charge in [0.1, 0.15) is 5.75 Å². The molecule has 0 atom stereocenters. The van der Waals surface area contributed by atoms with E-state index in [0.717, 1.165) is 12.3 Å². The molecule has 0 radical (unpaired) electrons. The van der Waals surface area contributed by atoms with E-state index in [1.807, 2.05) is 0 Å². The highest BCUT2D eigenvalue weighted by atomic mass is 16.5. The molecule has 0 N–H and O–H groups in total. The summed E-state index contributed by atoms with van der Waals surface area (Å²) in [6.07, 6.45) is 5.17. The van der Waals surface area contributed by atoms with Crippen LogP contribution in [0.5, 0.6) is 5.75 Å². The number of hydrogen-bond acceptors (Lipinski definition) is 2. The van der Waals surface area contributed by atoms with Gasteiger partial charge in [0.2, 0.25) is 0 Å². The van der Waals surface area contributed by atoms with Crippen molar-refractivity contribution in [1.29, 1.82) is 0 Å². The van der Waals surface area contributed by atoms with E-state index in [1.54, 1.807) is 7.11 Å². The van der Waals surface area contributed by atoms with Crippen LogP contribution in [0.4, 0.5) is 0 Å². The van der Waals surface area contributed by atoms with Crippen LogP contribution in [0.3, 0.4) is 0 Å². The number of benzene rings is 1. The Morgan fingerprint density at radius 3 is 2.88 bits per heavy atom. The van der Waals surface area contributed by atoms with Gasteiger partial charge < -0.3 is 4.74 Å². The molecule has 2 nitrogen and oxygen atoms in total. The largest absolute Gasteiger partial charge is 0.497 e. The fraction of sp³-hybridized carbons (Fsp3) is 0.600. The minimum absolute atomic E-state index is 0.985. The summed E-state index contributed by atoms with van der Waals surface area (Å²) in [4.78, 5) is 2.57. The topological polar surface area (TPSA) is 12.5 Å². The van der Waals surface area contributed by atoms with Gasteiger partial charge in [-0.3, -0.25) is 4.90 Å². The molecule has 2 rings (SSSR count). The summed E-state index contributed by atoms with van der Waals surface area (Å²) >= 11 is 0. The maximum Gasteiger partial charge on any atom is 0.119 e. The molecule has 0 bridgehead atoms. The second-order valence-corrected chi connectivity index (χ2v) is 4.87. The number of methoxy groups -OCH3 is 1. The van der Waals surface area contributed by atoms with Gasteiger partial charge in [0, 0.05) is 13.1 Å². The predicted molar refractivity (Wildman–Crippen MR) is 71.5 cm³/mol. The van der Waals surface area contributed by atoms with Gasteiger partial charge in [0.05, 0.1) is 7.11 Å². The lowest BCUT2D eigenvalue weighted by molar-refractivity contribution is 0.248. The van der Waals surface area contributed by atoms with E-state index in [1.165, 1.54) is 49.9 Å². The molecule has 0 saturated heterocycles. The van der Waals surface area contributed by atoms with Crippen LogP contribution in [0.15, 0.2) is 18.2 Å². The molecule has 0 unspecified atom stereocenters. The molecule has 0 amide bonds. The van der Waals surface area contributed by atoms with E-state index in [9.17, 15) is 0 Å². The van der Waals surface area contributed by atoms with E-state index < -0.39 is 0 Å². The van der Waals surface area contributed by atoms with Gasteiger partial charge >= 0.3 is 0 Å². The Morgan fingerprint density at radius 1 is 1.24 bits per heavy atom. The van der Waals surface area contributed by atoms with Crippen molar-refractivity contribution < 1.29 is 4.74 Å². The second kappa shape index (κ2) is 6.06. The lowest BCUT2D eigenvalue weighted by Gasteiger charge is -2.28. The summed E-state index contributed by atoms with van der Waals surface area (Å²) in [5.74, 6) is 0.985. The third-order valence-corrected chi connectivity index (χ3v) is 3.58. The summed E-state index contributed by atoms with van der Waals surface area (Å²) in [6, 6.07) is 6.49. The Bertz CT molecular complexity index is 362. The van der Waals surface area contributed by atoms with Gasteiger partial charge in [0.15, 0.2) is 0 Å². The summed E-state index contributed by atoms with van der Waals surface area (Å²) < 4.78 is 5.30. The zero-order valence-electron chi connectivity index (χ0n) is 11.0. The van der Waals surface area contributed by atoms with E-state index in [0.29, 0.717) is 0 Å². The number of nitrogens with zero attached hydrogens (tertiary/aromatic N) is 1. The smallest absolute Gasteiger partial charge is 0.119 e. The molecule has 1 aliphatic rings. The molecule has 1 aliphatic heterocycles. The lowest BCUT2D eigenvalue weighted by atomic mass is 9.99. The van der Waals surface area contributed by atoms with Crippen molar-refractivity contribution in [2.75, 3.05) is 20.2 Å². The van der Waals surface area contributed by atoms with Crippen molar-refractivity contribution in [1.82, 2.24) is 4.90 Å². The molecule has 1 aromatic rings. The normalized spacial score (nSPS) is 15.6. The lowest BCUT2D eigenvalue weighted by Crippen LogP contribution is -2.31. The fourth-order valence-electron chi connectivity index (χ4n) is 2.50. The third kappa shape index (κ3) is 3.22. The molecule has 1 aromatic carbocycles. The monoisotopic (exact) mass is 233 g/mol. The van der Waals surface area contributed by atoms with Crippen molar-refractivity contribution in [3.05, 3.63) is 29.3 Å². The second-order valence-electron chi connectivity index (χ2n) is 4.87. The minimum atomic E-state index is 0.985. The van der Waals surface area contributed by atoms with Crippen LogP contribution < -0.4 is 4.74 Å². The van der Waals surface area contributed by atoms with Crippen LogP contribution in [-0.2, 0) is 13.0 Å². The molecule has 0 saturated carbocycles. The van der Waals surface area contributed by atoms with Crippen molar-refractivity contribution in [2.45, 2.75) is 39.2 Å². The number of ether oxygens (including phenoxy) is 1. The van der Waals surface area contributed by atoms with Crippen LogP contribution in [0.2, 0.25) is 0 Å². The highest BCUT2D eigenvalue weighted by Crippen LogP contribution is 2.23. The van der Waals surface area contributed by atoms with Crippen LogP contribution in [0.1, 0.15) is 37.3 Å². The van der Waals surface area contributed by atoms with E-state index in [2.05, 4.69) is 30.0 Å². The predicted octanol–water partition coefficient (Wildman–Crippen LogP) is 3.24. The van der Waals surface area contributed by atoms with Gasteiger partial charge in [-0.1, -0.05) is 25.8 Å². The number of fused-ring (bicyclic) bond motifs is 1. The zero-order chi connectivity index (χ0) is 12.1. The van der Waals surface area contributed by atoms with Gasteiger partial charge in [-0.05, 0) is 42.6 Å². The molecule has 1 heterocycles. The highest BCUT2D eigenvalue weighted by molar-refractivity contribution is 5.37. The molecular weight excluding hydrogens is 210 g/mol. The van der Waals surface area contributed by atoms with Crippen molar-refractivity contribution >= 4 is 0 Å². The standard InChI is InChI=1S/C15H23NO/c1-3-4-5-9-16-10-8-13-6-7-15(17-2)11-14(13)12-16/h6-7,11H,3-5,8-10,12H2,1-2H3. The summed E-state index contributed by atoms with van der Waals surface area (Å²) in [5.41, 5.74) is 2.95. The fourth-order valence-corrected chi connectivity index (χ4v) is 2.50. The third-order valence-electron chi connectivity index (χ3n) is 3.58. The molecule has 0 fully saturated rings. The van der Waals surface area contributed by atoms with E-state index in [4.69, 9.17) is 4.74 Å². The Hall–Kier alpha value is -1.02. The Balaban J connectivity index is 1.96. The Labute approximate surface area is 105 Å². The first-order valence-corrected chi connectivity index (χ1v) is 6.71. The minimum Gasteiger partial charge on any atom is -0.497 e. The first kappa shape index (κ1) is 12.4. The maximum atomic E-state index is 5.30. The molecular formula is C15H23NO. The van der Waals surface area contributed by atoms with Crippen LogP contribution in [0, 0.1) is 0 Å². The van der Waals surface area contributed by atoms with Crippen molar-refractivity contribution in [3.63, 3.8) is 0 Å². The Morgan fingerprint density at radius 2 is 2.12 bits per heavy atom. The molecule has 2 heteroatoms. The number of rotatable bonds is 5. The van der Waals surface area contributed by atoms with Gasteiger partial charge in [-0.15, -0.1) is 0 Å². The van der Waals surface area contributed by atoms with Crippen LogP contribution in [-0.4, -0.2) is 25.1 Å². The quantitative estimate of drug-likeness (QED) is 0.724. The number of hydrogen-bond donors (Lipinski definition) is 0. The molecule has 94 valence electrons. The first-order chi connectivity index (χ1) is 8.33. The van der Waals surface area contributed by atoms with Crippen molar-refractivity contribution in [3.8, 4) is 5.75 Å². The molecule has 17 heavy (non-hydrogen) atoms. The summed E-state index contributed by atoms with van der Waals surface area (Å²) in [6.45, 7) is 5.81. The molecule has 0 spiro atoms. The average molecular weight is 233 g/mol. The maximum absolute atomic E-state index is 5.30. The SMILES string of the molecule is CCCCCN1CCc2ccc(OC)cc2C1. The first-order valence-electron chi connectivity index (χ1n) is 6.71. The van der Waals surface area contributed by atoms with E-state index >= 15 is 0 Å². The number of unbranched alkanes of at least 4 members (excludes halogenated alkanes) is 2. The van der Waals surface area contributed by atoms with Crippen molar-refractivity contribution in [2.24, 2.45) is 0 Å². The van der Waals surface area contributed by atoms with Crippen LogP contribution >= 0.6 is 0 Å². The van der Waals surface area contributed by atoms with E-state index in [-0.39, 0.29) is 0 Å². The van der Waals surface area contributed by atoms with Gasteiger partial charge in [-0.2, -0.15) is 0 Å². The summed E-state index contributed by atoms with van der Waals surface area (Å²) in [5, 5.41) is 0. The Kier molecular flexibility index (Phi) is 4.43. The van der Waals surface area contributed by atoms with Crippen LogP contribution in [0.25, 0.3) is 0 Å². The summed E-state index contributed by atoms with van der Waals surface area (Å²) in [7, 11) is 1.74. The highest BCUT2D eigenvalue weighted by Gasteiger charge is 2.15.